The highest BCUT2D eigenvalue weighted by molar-refractivity contribution is 5.93. The molecular weight excluding hydrogens is 268 g/mol. The van der Waals surface area contributed by atoms with Gasteiger partial charge >= 0.3 is 0 Å². The molecule has 0 aliphatic carbocycles. The summed E-state index contributed by atoms with van der Waals surface area (Å²) < 4.78 is 5.96. The van der Waals surface area contributed by atoms with Gasteiger partial charge in [-0.1, -0.05) is 18.2 Å². The van der Waals surface area contributed by atoms with Crippen LogP contribution in [0.2, 0.25) is 0 Å². The van der Waals surface area contributed by atoms with E-state index in [1.165, 1.54) is 0 Å². The largest absolute Gasteiger partial charge is 0.487 e. The fraction of sp³-hybridized carbons (Fsp3) is 0.400. The van der Waals surface area contributed by atoms with Crippen molar-refractivity contribution < 1.29 is 9.53 Å². The Labute approximate surface area is 122 Å². The van der Waals surface area contributed by atoms with Gasteiger partial charge in [-0.15, -0.1) is 0 Å². The molecule has 1 aromatic carbocycles. The fourth-order valence-corrected chi connectivity index (χ4v) is 2.66. The second-order valence-corrected chi connectivity index (χ2v) is 5.89. The predicted octanol–water partition coefficient (Wildman–Crippen LogP) is 2.15. The number of amides is 1. The quantitative estimate of drug-likeness (QED) is 0.886. The zero-order chi connectivity index (χ0) is 15.0. The van der Waals surface area contributed by atoms with Crippen molar-refractivity contribution in [2.75, 3.05) is 0 Å². The van der Waals surface area contributed by atoms with Gasteiger partial charge in [0, 0.05) is 12.0 Å². The van der Waals surface area contributed by atoms with Gasteiger partial charge in [-0.05, 0) is 26.8 Å². The van der Waals surface area contributed by atoms with Crippen LogP contribution in [0.15, 0.2) is 24.3 Å². The lowest BCUT2D eigenvalue weighted by Crippen LogP contribution is -2.41. The summed E-state index contributed by atoms with van der Waals surface area (Å²) in [4.78, 5) is 12.3. The van der Waals surface area contributed by atoms with E-state index in [1.54, 1.807) is 6.92 Å². The minimum atomic E-state index is -0.328. The van der Waals surface area contributed by atoms with Gasteiger partial charge in [0.05, 0.1) is 11.7 Å². The first-order valence-corrected chi connectivity index (χ1v) is 6.92. The Morgan fingerprint density at radius 3 is 2.86 bits per heavy atom. The van der Waals surface area contributed by atoms with E-state index < -0.39 is 0 Å². The van der Waals surface area contributed by atoms with E-state index in [0.717, 1.165) is 11.3 Å². The van der Waals surface area contributed by atoms with Crippen LogP contribution in [0.5, 0.6) is 5.75 Å². The predicted molar refractivity (Wildman–Crippen MR) is 77.1 cm³/mol. The van der Waals surface area contributed by atoms with Crippen LogP contribution in [0.4, 0.5) is 0 Å². The average molecular weight is 286 g/mol. The molecule has 0 spiro atoms. The molecule has 0 fully saturated rings. The molecule has 0 unspecified atom stereocenters. The first-order valence-electron chi connectivity index (χ1n) is 6.92. The van der Waals surface area contributed by atoms with Gasteiger partial charge in [-0.25, -0.2) is 0 Å². The van der Waals surface area contributed by atoms with E-state index >= 15 is 0 Å². The van der Waals surface area contributed by atoms with E-state index in [4.69, 9.17) is 4.74 Å². The van der Waals surface area contributed by atoms with Gasteiger partial charge in [-0.3, -0.25) is 4.79 Å². The van der Waals surface area contributed by atoms with Crippen LogP contribution in [0.3, 0.4) is 0 Å². The molecule has 2 aromatic rings. The van der Waals surface area contributed by atoms with Crippen molar-refractivity contribution in [2.24, 2.45) is 0 Å². The summed E-state index contributed by atoms with van der Waals surface area (Å²) in [6, 6.07) is 7.68. The number of H-pyrrole nitrogens is 1. The Balaban J connectivity index is 1.88. The van der Waals surface area contributed by atoms with E-state index in [-0.39, 0.29) is 17.6 Å². The number of benzene rings is 1. The zero-order valence-corrected chi connectivity index (χ0v) is 12.3. The van der Waals surface area contributed by atoms with E-state index in [0.29, 0.717) is 17.8 Å². The highest BCUT2D eigenvalue weighted by atomic mass is 16.5. The molecule has 2 N–H and O–H groups in total. The Morgan fingerprint density at radius 1 is 1.38 bits per heavy atom. The zero-order valence-electron chi connectivity index (χ0n) is 12.3. The molecule has 1 aliphatic heterocycles. The summed E-state index contributed by atoms with van der Waals surface area (Å²) in [5.74, 6) is 0.592. The number of aromatic amines is 1. The van der Waals surface area contributed by atoms with Crippen molar-refractivity contribution in [2.45, 2.75) is 38.8 Å². The monoisotopic (exact) mass is 286 g/mol. The molecule has 3 rings (SSSR count). The van der Waals surface area contributed by atoms with Crippen molar-refractivity contribution in [1.29, 1.82) is 0 Å². The molecule has 6 heteroatoms. The van der Waals surface area contributed by atoms with Crippen LogP contribution in [-0.2, 0) is 0 Å². The summed E-state index contributed by atoms with van der Waals surface area (Å²) in [5.41, 5.74) is 1.58. The number of hydrogen-bond acceptors (Lipinski definition) is 4. The van der Waals surface area contributed by atoms with Gasteiger partial charge in [0.25, 0.3) is 5.91 Å². The maximum absolute atomic E-state index is 12.3. The first kappa shape index (κ1) is 13.6. The van der Waals surface area contributed by atoms with Crippen LogP contribution in [0.1, 0.15) is 48.1 Å². The minimum absolute atomic E-state index is 0.103. The number of carbonyl (C=O) groups excluding carboxylic acids is 1. The molecule has 2 heterocycles. The number of nitrogens with one attached hydrogen (secondary N) is 2. The molecule has 0 saturated carbocycles. The summed E-state index contributed by atoms with van der Waals surface area (Å²) >= 11 is 0. The lowest BCUT2D eigenvalue weighted by Gasteiger charge is -2.37. The van der Waals surface area contributed by atoms with E-state index in [2.05, 4.69) is 20.7 Å². The number of rotatable bonds is 2. The number of aromatic nitrogens is 3. The molecule has 21 heavy (non-hydrogen) atoms. The Bertz CT molecular complexity index is 678. The molecule has 0 radical (unpaired) electrons. The van der Waals surface area contributed by atoms with Crippen molar-refractivity contribution in [1.82, 2.24) is 20.7 Å². The third kappa shape index (κ3) is 2.61. The maximum Gasteiger partial charge on any atom is 0.274 e. The maximum atomic E-state index is 12.3. The van der Waals surface area contributed by atoms with Crippen LogP contribution >= 0.6 is 0 Å². The summed E-state index contributed by atoms with van der Waals surface area (Å²) in [5, 5.41) is 13.3. The lowest BCUT2D eigenvalue weighted by molar-refractivity contribution is 0.0618. The number of ether oxygens (including phenoxy) is 1. The fourth-order valence-electron chi connectivity index (χ4n) is 2.66. The number of hydrogen-bond donors (Lipinski definition) is 2. The Hall–Kier alpha value is -2.37. The molecule has 0 saturated heterocycles. The van der Waals surface area contributed by atoms with Gasteiger partial charge in [-0.2, -0.15) is 15.4 Å². The number of nitrogens with zero attached hydrogens (tertiary/aromatic N) is 2. The van der Waals surface area contributed by atoms with Crippen LogP contribution in [-0.4, -0.2) is 26.9 Å². The second-order valence-electron chi connectivity index (χ2n) is 5.89. The highest BCUT2D eigenvalue weighted by Gasteiger charge is 2.34. The minimum Gasteiger partial charge on any atom is -0.487 e. The number of fused-ring (bicyclic) bond motifs is 1. The van der Waals surface area contributed by atoms with E-state index in [1.807, 2.05) is 38.1 Å². The topological polar surface area (TPSA) is 79.9 Å². The second kappa shape index (κ2) is 4.87. The average Bonchev–Trinajstić information content (AvgIpc) is 2.83. The summed E-state index contributed by atoms with van der Waals surface area (Å²) in [6.45, 7) is 5.78. The van der Waals surface area contributed by atoms with Gasteiger partial charge in [0.15, 0.2) is 5.69 Å². The Kier molecular flexibility index (Phi) is 3.16. The third-order valence-corrected chi connectivity index (χ3v) is 3.62. The summed E-state index contributed by atoms with van der Waals surface area (Å²) in [6.07, 6.45) is 0.701. The highest BCUT2D eigenvalue weighted by Crippen LogP contribution is 2.39. The number of carbonyl (C=O) groups is 1. The van der Waals surface area contributed by atoms with Crippen molar-refractivity contribution in [3.8, 4) is 5.75 Å². The molecule has 1 aromatic heterocycles. The first-order chi connectivity index (χ1) is 9.96. The summed E-state index contributed by atoms with van der Waals surface area (Å²) in [7, 11) is 0. The van der Waals surface area contributed by atoms with Crippen molar-refractivity contribution in [3.05, 3.63) is 41.2 Å². The van der Waals surface area contributed by atoms with Crippen LogP contribution < -0.4 is 10.1 Å². The molecule has 6 nitrogen and oxygen atoms in total. The van der Waals surface area contributed by atoms with Gasteiger partial charge < -0.3 is 10.1 Å². The molecule has 1 aliphatic rings. The van der Waals surface area contributed by atoms with Gasteiger partial charge in [0.2, 0.25) is 0 Å². The van der Waals surface area contributed by atoms with Crippen LogP contribution in [0, 0.1) is 6.92 Å². The molecule has 1 amide bonds. The van der Waals surface area contributed by atoms with Crippen LogP contribution in [0.25, 0.3) is 0 Å². The van der Waals surface area contributed by atoms with Crippen molar-refractivity contribution in [3.63, 3.8) is 0 Å². The van der Waals surface area contributed by atoms with Gasteiger partial charge in [0.1, 0.15) is 11.4 Å². The van der Waals surface area contributed by atoms with E-state index in [9.17, 15) is 4.79 Å². The Morgan fingerprint density at radius 2 is 2.14 bits per heavy atom. The van der Waals surface area contributed by atoms with Crippen molar-refractivity contribution >= 4 is 5.91 Å². The molecule has 0 bridgehead atoms. The third-order valence-electron chi connectivity index (χ3n) is 3.62. The molecular formula is C15H18N4O2. The number of aryl methyl sites for hydroxylation is 1. The number of para-hydroxylation sites is 1. The lowest BCUT2D eigenvalue weighted by atomic mass is 9.89. The SMILES string of the molecule is Cc1n[nH]nc1C(=O)N[C@H]1CC(C)(C)Oc2ccccc21. The normalized spacial score (nSPS) is 19.5. The molecule has 110 valence electrons. The standard InChI is InChI=1S/C15H18N4O2/c1-9-13(18-19-17-9)14(20)16-11-8-15(2,3)21-12-7-5-4-6-10(11)12/h4-7,11H,8H2,1-3H3,(H,16,20)(H,17,18,19)/t11-/m0/s1. The smallest absolute Gasteiger partial charge is 0.274 e. The molecule has 1 atom stereocenters.